The molecule has 6 heteroatoms. The number of carbonyl (C=O) groups excluding carboxylic acids is 2. The van der Waals surface area contributed by atoms with Gasteiger partial charge in [0.2, 0.25) is 11.8 Å². The molecule has 31 heavy (non-hydrogen) atoms. The largest absolute Gasteiger partial charge is 0.493 e. The van der Waals surface area contributed by atoms with Crippen molar-refractivity contribution < 1.29 is 19.1 Å². The SMILES string of the molecule is COc1ccc(CCC(=O)N(Cc2ccccc2)[C@H](C)C(=O)NC(C)(C)C)cc1OC. The molecule has 0 aliphatic carbocycles. The monoisotopic (exact) mass is 426 g/mol. The molecular weight excluding hydrogens is 392 g/mol. The molecule has 0 saturated carbocycles. The van der Waals surface area contributed by atoms with Crippen LogP contribution in [0.2, 0.25) is 0 Å². The molecule has 0 heterocycles. The average molecular weight is 427 g/mol. The van der Waals surface area contributed by atoms with Crippen LogP contribution in [-0.4, -0.2) is 42.5 Å². The normalized spacial score (nSPS) is 12.1. The highest BCUT2D eigenvalue weighted by Gasteiger charge is 2.28. The van der Waals surface area contributed by atoms with Crippen LogP contribution < -0.4 is 14.8 Å². The van der Waals surface area contributed by atoms with Gasteiger partial charge in [-0.05, 0) is 57.4 Å². The van der Waals surface area contributed by atoms with Gasteiger partial charge in [-0.2, -0.15) is 0 Å². The Kier molecular flexibility index (Phi) is 8.48. The fourth-order valence-electron chi connectivity index (χ4n) is 3.27. The van der Waals surface area contributed by atoms with E-state index in [4.69, 9.17) is 9.47 Å². The first-order chi connectivity index (χ1) is 14.6. The number of nitrogens with zero attached hydrogens (tertiary/aromatic N) is 1. The molecule has 0 aliphatic rings. The third kappa shape index (κ3) is 7.31. The first kappa shape index (κ1) is 24.3. The van der Waals surface area contributed by atoms with Gasteiger partial charge >= 0.3 is 0 Å². The smallest absolute Gasteiger partial charge is 0.242 e. The summed E-state index contributed by atoms with van der Waals surface area (Å²) in [7, 11) is 3.18. The fourth-order valence-corrected chi connectivity index (χ4v) is 3.27. The molecule has 0 bridgehead atoms. The molecule has 0 spiro atoms. The minimum absolute atomic E-state index is 0.0739. The van der Waals surface area contributed by atoms with Gasteiger partial charge in [0.1, 0.15) is 6.04 Å². The molecule has 0 saturated heterocycles. The number of methoxy groups -OCH3 is 2. The van der Waals surface area contributed by atoms with Crippen LogP contribution in [0.5, 0.6) is 11.5 Å². The minimum Gasteiger partial charge on any atom is -0.493 e. The Morgan fingerprint density at radius 2 is 1.61 bits per heavy atom. The van der Waals surface area contributed by atoms with Gasteiger partial charge in [0, 0.05) is 18.5 Å². The van der Waals surface area contributed by atoms with Crippen molar-refractivity contribution in [1.29, 1.82) is 0 Å². The highest BCUT2D eigenvalue weighted by atomic mass is 16.5. The van der Waals surface area contributed by atoms with Crippen LogP contribution in [0.4, 0.5) is 0 Å². The van der Waals surface area contributed by atoms with E-state index in [9.17, 15) is 9.59 Å². The molecule has 0 unspecified atom stereocenters. The van der Waals surface area contributed by atoms with Gasteiger partial charge in [-0.1, -0.05) is 36.4 Å². The molecule has 1 N–H and O–H groups in total. The number of carbonyl (C=O) groups is 2. The highest BCUT2D eigenvalue weighted by Crippen LogP contribution is 2.28. The molecule has 1 atom stereocenters. The van der Waals surface area contributed by atoms with E-state index in [1.54, 1.807) is 26.0 Å². The second-order valence-electron chi connectivity index (χ2n) is 8.61. The number of benzene rings is 2. The van der Waals surface area contributed by atoms with E-state index in [2.05, 4.69) is 5.32 Å². The van der Waals surface area contributed by atoms with Crippen LogP contribution in [0.25, 0.3) is 0 Å². The Morgan fingerprint density at radius 3 is 2.19 bits per heavy atom. The van der Waals surface area contributed by atoms with Crippen LogP contribution in [0, 0.1) is 0 Å². The zero-order valence-corrected chi connectivity index (χ0v) is 19.4. The standard InChI is InChI=1S/C25H34N2O4/c1-18(24(29)26-25(2,3)4)27(17-20-10-8-7-9-11-20)23(28)15-13-19-12-14-21(30-5)22(16-19)31-6/h7-12,14,16,18H,13,15,17H2,1-6H3,(H,26,29)/t18-/m1/s1. The lowest BCUT2D eigenvalue weighted by atomic mass is 10.1. The summed E-state index contributed by atoms with van der Waals surface area (Å²) in [4.78, 5) is 27.6. The van der Waals surface area contributed by atoms with E-state index in [-0.39, 0.29) is 23.8 Å². The van der Waals surface area contributed by atoms with Crippen molar-refractivity contribution in [1.82, 2.24) is 10.2 Å². The van der Waals surface area contributed by atoms with E-state index in [1.165, 1.54) is 0 Å². The number of hydrogen-bond donors (Lipinski definition) is 1. The molecule has 6 nitrogen and oxygen atoms in total. The third-order valence-electron chi connectivity index (χ3n) is 4.94. The van der Waals surface area contributed by atoms with Crippen molar-refractivity contribution in [2.75, 3.05) is 14.2 Å². The van der Waals surface area contributed by atoms with E-state index < -0.39 is 6.04 Å². The predicted molar refractivity (Wildman–Crippen MR) is 122 cm³/mol. The van der Waals surface area contributed by atoms with E-state index in [0.29, 0.717) is 24.5 Å². The van der Waals surface area contributed by atoms with E-state index in [1.807, 2.05) is 69.3 Å². The summed E-state index contributed by atoms with van der Waals surface area (Å²) < 4.78 is 10.6. The van der Waals surface area contributed by atoms with Crippen LogP contribution in [0.1, 0.15) is 45.2 Å². The molecule has 0 aromatic heterocycles. The van der Waals surface area contributed by atoms with E-state index >= 15 is 0 Å². The van der Waals surface area contributed by atoms with Gasteiger partial charge in [-0.3, -0.25) is 9.59 Å². The van der Waals surface area contributed by atoms with Crippen molar-refractivity contribution >= 4 is 11.8 Å². The Bertz CT molecular complexity index is 875. The maximum atomic E-state index is 13.2. The average Bonchev–Trinajstić information content (AvgIpc) is 2.74. The lowest BCUT2D eigenvalue weighted by Gasteiger charge is -2.31. The van der Waals surface area contributed by atoms with Gasteiger partial charge in [-0.15, -0.1) is 0 Å². The van der Waals surface area contributed by atoms with Crippen molar-refractivity contribution in [2.45, 2.75) is 58.7 Å². The molecule has 0 fully saturated rings. The third-order valence-corrected chi connectivity index (χ3v) is 4.94. The van der Waals surface area contributed by atoms with Gasteiger partial charge in [0.05, 0.1) is 14.2 Å². The minimum atomic E-state index is -0.586. The summed E-state index contributed by atoms with van der Waals surface area (Å²) >= 11 is 0. The van der Waals surface area contributed by atoms with E-state index in [0.717, 1.165) is 11.1 Å². The number of ether oxygens (including phenoxy) is 2. The Hall–Kier alpha value is -3.02. The summed E-state index contributed by atoms with van der Waals surface area (Å²) in [5.41, 5.74) is 1.58. The van der Waals surface area contributed by atoms with Crippen LogP contribution >= 0.6 is 0 Å². The summed E-state index contributed by atoms with van der Waals surface area (Å²) in [5, 5.41) is 2.98. The zero-order chi connectivity index (χ0) is 23.0. The summed E-state index contributed by atoms with van der Waals surface area (Å²) in [6.45, 7) is 7.94. The maximum Gasteiger partial charge on any atom is 0.242 e. The molecule has 0 radical (unpaired) electrons. The first-order valence-electron chi connectivity index (χ1n) is 10.5. The molecule has 2 rings (SSSR count). The predicted octanol–water partition coefficient (Wildman–Crippen LogP) is 3.97. The molecule has 2 amide bonds. The number of nitrogens with one attached hydrogen (secondary N) is 1. The van der Waals surface area contributed by atoms with Gasteiger partial charge in [0.15, 0.2) is 11.5 Å². The van der Waals surface area contributed by atoms with Crippen LogP contribution in [0.3, 0.4) is 0 Å². The molecule has 2 aromatic rings. The van der Waals surface area contributed by atoms with Crippen molar-refractivity contribution in [2.24, 2.45) is 0 Å². The number of rotatable bonds is 9. The number of amides is 2. The maximum absolute atomic E-state index is 13.2. The van der Waals surface area contributed by atoms with Crippen molar-refractivity contribution in [3.63, 3.8) is 0 Å². The Labute approximate surface area is 185 Å². The van der Waals surface area contributed by atoms with Crippen LogP contribution in [-0.2, 0) is 22.6 Å². The van der Waals surface area contributed by atoms with Gasteiger partial charge < -0.3 is 19.7 Å². The van der Waals surface area contributed by atoms with Crippen molar-refractivity contribution in [3.05, 3.63) is 59.7 Å². The molecular formula is C25H34N2O4. The quantitative estimate of drug-likeness (QED) is 0.659. The first-order valence-corrected chi connectivity index (χ1v) is 10.5. The summed E-state index contributed by atoms with van der Waals surface area (Å²) in [6.07, 6.45) is 0.827. The summed E-state index contributed by atoms with van der Waals surface area (Å²) in [6, 6.07) is 14.8. The fraction of sp³-hybridized carbons (Fsp3) is 0.440. The molecule has 168 valence electrons. The van der Waals surface area contributed by atoms with Crippen molar-refractivity contribution in [3.8, 4) is 11.5 Å². The van der Waals surface area contributed by atoms with Gasteiger partial charge in [0.25, 0.3) is 0 Å². The highest BCUT2D eigenvalue weighted by molar-refractivity contribution is 5.87. The molecule has 0 aliphatic heterocycles. The summed E-state index contributed by atoms with van der Waals surface area (Å²) in [5.74, 6) is 1.04. The lowest BCUT2D eigenvalue weighted by Crippen LogP contribution is -2.52. The second-order valence-corrected chi connectivity index (χ2v) is 8.61. The molecule has 2 aromatic carbocycles. The number of aryl methyl sites for hydroxylation is 1. The van der Waals surface area contributed by atoms with Gasteiger partial charge in [-0.25, -0.2) is 0 Å². The topological polar surface area (TPSA) is 67.9 Å². The van der Waals surface area contributed by atoms with Crippen LogP contribution in [0.15, 0.2) is 48.5 Å². The zero-order valence-electron chi connectivity index (χ0n) is 19.4. The Balaban J connectivity index is 2.16. The number of hydrogen-bond acceptors (Lipinski definition) is 4. The lowest BCUT2D eigenvalue weighted by molar-refractivity contribution is -0.141. The second kappa shape index (κ2) is 10.8. The Morgan fingerprint density at radius 1 is 0.968 bits per heavy atom.